The molecule has 1 saturated heterocycles. The molecule has 2 N–H and O–H groups in total. The highest BCUT2D eigenvalue weighted by atomic mass is 28.4. The number of hydrogen-bond donors (Lipinski definition) is 2. The van der Waals surface area contributed by atoms with Gasteiger partial charge in [-0.05, 0) is 43.3 Å². The minimum Gasteiger partial charge on any atom is -0.497 e. The smallest absolute Gasteiger partial charge is 0.264 e. The Morgan fingerprint density at radius 3 is 2.65 bits per heavy atom. The van der Waals surface area contributed by atoms with E-state index < -0.39 is 13.9 Å². The first-order chi connectivity index (χ1) is 19.1. The number of benzene rings is 2. The third-order valence-electron chi connectivity index (χ3n) is 8.44. The number of carbonyl (C=O) groups excluding carboxylic acids is 1. The molecule has 0 radical (unpaired) electrons. The predicted molar refractivity (Wildman–Crippen MR) is 155 cm³/mol. The second-order valence-electron chi connectivity index (χ2n) is 11.3. The summed E-state index contributed by atoms with van der Waals surface area (Å²) in [5, 5.41) is 18.7. The molecule has 3 heterocycles. The molecule has 1 unspecified atom stereocenters. The molecule has 1 amide bonds. The lowest BCUT2D eigenvalue weighted by Gasteiger charge is -2.32. The molecule has 3 aromatic rings. The van der Waals surface area contributed by atoms with Gasteiger partial charge in [-0.25, -0.2) is 0 Å². The van der Waals surface area contributed by atoms with Crippen LogP contribution in [0, 0.1) is 5.92 Å². The number of fused-ring (bicyclic) bond motifs is 2. The third-order valence-corrected chi connectivity index (χ3v) is 10.9. The van der Waals surface area contributed by atoms with Gasteiger partial charge in [-0.2, -0.15) is 0 Å². The van der Waals surface area contributed by atoms with Crippen molar-refractivity contribution in [2.75, 3.05) is 25.2 Å². The Bertz CT molecular complexity index is 1370. The molecule has 40 heavy (non-hydrogen) atoms. The van der Waals surface area contributed by atoms with Crippen LogP contribution in [0.5, 0.6) is 5.75 Å². The van der Waals surface area contributed by atoms with Crippen LogP contribution < -0.4 is 9.64 Å². The van der Waals surface area contributed by atoms with Gasteiger partial charge in [0.2, 0.25) is 0 Å². The number of rotatable bonds is 10. The number of aliphatic hydroxyl groups is 1. The van der Waals surface area contributed by atoms with Crippen LogP contribution in [0.25, 0.3) is 0 Å². The molecule has 0 saturated carbocycles. The van der Waals surface area contributed by atoms with Gasteiger partial charge in [0.1, 0.15) is 5.75 Å². The van der Waals surface area contributed by atoms with Crippen LogP contribution in [0.3, 0.4) is 0 Å². The van der Waals surface area contributed by atoms with Crippen LogP contribution >= 0.6 is 0 Å². The highest BCUT2D eigenvalue weighted by Crippen LogP contribution is 2.60. The summed E-state index contributed by atoms with van der Waals surface area (Å²) in [6.07, 6.45) is 3.73. The van der Waals surface area contributed by atoms with Crippen LogP contribution in [-0.2, 0) is 21.7 Å². The molecule has 5 rings (SSSR count). The molecule has 0 bridgehead atoms. The van der Waals surface area contributed by atoms with Gasteiger partial charge in [0.25, 0.3) is 5.91 Å². The van der Waals surface area contributed by atoms with E-state index in [1.807, 2.05) is 74.7 Å². The minimum absolute atomic E-state index is 0.0763. The van der Waals surface area contributed by atoms with E-state index in [1.165, 1.54) is 0 Å². The molecule has 2 aromatic carbocycles. The quantitative estimate of drug-likeness (QED) is 0.285. The number of hydrogen-bond acceptors (Lipinski definition) is 7. The molecule has 0 aliphatic carbocycles. The molecule has 10 heteroatoms. The maximum atomic E-state index is 14.1. The van der Waals surface area contributed by atoms with Crippen molar-refractivity contribution in [1.82, 2.24) is 15.0 Å². The van der Waals surface area contributed by atoms with Gasteiger partial charge in [0.05, 0.1) is 37.1 Å². The number of nitrogens with zero attached hydrogens (tertiary/aromatic N) is 4. The zero-order valence-corrected chi connectivity index (χ0v) is 24.5. The van der Waals surface area contributed by atoms with Gasteiger partial charge in [-0.1, -0.05) is 48.5 Å². The Balaban J connectivity index is 1.44. The number of methoxy groups -OCH3 is 1. The monoisotopic (exact) mass is 562 g/mol. The van der Waals surface area contributed by atoms with E-state index in [4.69, 9.17) is 9.47 Å². The molecule has 1 spiro atoms. The zero-order valence-electron chi connectivity index (χ0n) is 23.5. The first-order valence-electron chi connectivity index (χ1n) is 13.7. The van der Waals surface area contributed by atoms with Crippen molar-refractivity contribution < 1.29 is 24.2 Å². The first kappa shape index (κ1) is 28.2. The van der Waals surface area contributed by atoms with Crippen molar-refractivity contribution in [2.45, 2.75) is 56.1 Å². The van der Waals surface area contributed by atoms with E-state index in [9.17, 15) is 14.7 Å². The number of carbonyl (C=O) groups is 1. The fourth-order valence-corrected chi connectivity index (χ4v) is 9.26. The highest BCUT2D eigenvalue weighted by Gasteiger charge is 2.66. The average molecular weight is 563 g/mol. The summed E-state index contributed by atoms with van der Waals surface area (Å²) in [7, 11) is -1.18. The van der Waals surface area contributed by atoms with Crippen LogP contribution in [0.4, 0.5) is 5.69 Å². The fraction of sp³-hybridized carbons (Fsp3) is 0.433. The fourth-order valence-electron chi connectivity index (χ4n) is 6.66. The molecule has 9 nitrogen and oxygen atoms in total. The second kappa shape index (κ2) is 10.9. The lowest BCUT2D eigenvalue weighted by Crippen LogP contribution is -2.46. The Hall–Kier alpha value is -3.31. The highest BCUT2D eigenvalue weighted by molar-refractivity contribution is 6.71. The molecule has 5 atom stereocenters. The van der Waals surface area contributed by atoms with Crippen LogP contribution in [0.2, 0.25) is 18.6 Å². The number of aliphatic hydroxyl groups excluding tert-OH is 1. The van der Waals surface area contributed by atoms with Crippen LogP contribution in [-0.4, -0.2) is 65.5 Å². The van der Waals surface area contributed by atoms with Crippen molar-refractivity contribution >= 4 is 19.9 Å². The van der Waals surface area contributed by atoms with Crippen molar-refractivity contribution in [3.63, 3.8) is 0 Å². The Kier molecular flexibility index (Phi) is 7.71. The zero-order chi connectivity index (χ0) is 28.7. The predicted octanol–water partition coefficient (Wildman–Crippen LogP) is 3.83. The molecule has 1 fully saturated rings. The topological polar surface area (TPSA) is 110 Å². The number of aromatic nitrogens is 3. The summed E-state index contributed by atoms with van der Waals surface area (Å²) in [6, 6.07) is 15.4. The van der Waals surface area contributed by atoms with Gasteiger partial charge in [0, 0.05) is 36.3 Å². The first-order valence-corrected chi connectivity index (χ1v) is 16.8. The van der Waals surface area contributed by atoms with Crippen LogP contribution in [0.1, 0.15) is 36.1 Å². The summed E-state index contributed by atoms with van der Waals surface area (Å²) in [4.78, 5) is 27.3. The van der Waals surface area contributed by atoms with Crippen molar-refractivity contribution in [3.05, 3.63) is 84.2 Å². The average Bonchev–Trinajstić information content (AvgIpc) is 3.59. The largest absolute Gasteiger partial charge is 0.497 e. The molecular weight excluding hydrogens is 524 g/mol. The Morgan fingerprint density at radius 1 is 1.25 bits per heavy atom. The summed E-state index contributed by atoms with van der Waals surface area (Å²) >= 11 is 0. The lowest BCUT2D eigenvalue weighted by atomic mass is 9.82. The summed E-state index contributed by atoms with van der Waals surface area (Å²) in [5.41, 5.74) is 1.79. The number of ether oxygens (including phenoxy) is 2. The van der Waals surface area contributed by atoms with Gasteiger partial charge in [0.15, 0.2) is 13.9 Å². The molecular formula is C30H38N4O5Si. The van der Waals surface area contributed by atoms with E-state index in [1.54, 1.807) is 22.8 Å². The standard InChI is InChI=1S/C30H38N4O5Si/c1-6-15-34-26-13-12-22(38-3)17-24(26)30(29(34)36)20(2)28(40(4,5)37)27(39-30)14-16-33-18-25(31-32-33)23(19-35)21-10-8-7-9-11-21/h6-13,17-18,20,23,27-28,35,37H,1,14-16,19H2,2-5H3/t20-,23?,27+,28-,30+/m0/s1. The van der Waals surface area contributed by atoms with Gasteiger partial charge >= 0.3 is 0 Å². The summed E-state index contributed by atoms with van der Waals surface area (Å²) in [5.74, 6) is -0.0169. The van der Waals surface area contributed by atoms with Crippen LogP contribution in [0.15, 0.2) is 67.4 Å². The lowest BCUT2D eigenvalue weighted by molar-refractivity contribution is -0.145. The van der Waals surface area contributed by atoms with E-state index in [0.29, 0.717) is 31.0 Å². The molecule has 2 aliphatic heterocycles. The van der Waals surface area contributed by atoms with Crippen molar-refractivity contribution in [1.29, 1.82) is 0 Å². The molecule has 2 aliphatic rings. The number of amides is 1. The summed E-state index contributed by atoms with van der Waals surface area (Å²) in [6.45, 7) is 10.5. The normalized spacial score (nSPS) is 24.9. The van der Waals surface area contributed by atoms with E-state index in [-0.39, 0.29) is 36.0 Å². The van der Waals surface area contributed by atoms with Crippen molar-refractivity contribution in [3.8, 4) is 5.75 Å². The SMILES string of the molecule is C=CCN1C(=O)[C@]2(O[C@H](CCn3cc(C(CO)c4ccccc4)nn3)[C@@H]([Si](C)(C)O)[C@@H]2C)c2cc(OC)ccc21. The maximum absolute atomic E-state index is 14.1. The Morgan fingerprint density at radius 2 is 2.00 bits per heavy atom. The minimum atomic E-state index is -2.78. The number of anilines is 1. The Labute approximate surface area is 236 Å². The van der Waals surface area contributed by atoms with E-state index >= 15 is 0 Å². The van der Waals surface area contributed by atoms with E-state index in [2.05, 4.69) is 16.9 Å². The maximum Gasteiger partial charge on any atom is 0.264 e. The summed E-state index contributed by atoms with van der Waals surface area (Å²) < 4.78 is 14.1. The third kappa shape index (κ3) is 4.68. The molecule has 212 valence electrons. The van der Waals surface area contributed by atoms with E-state index in [0.717, 1.165) is 16.8 Å². The second-order valence-corrected chi connectivity index (χ2v) is 15.3. The molecule has 1 aromatic heterocycles. The number of aryl methyl sites for hydroxylation is 1. The van der Waals surface area contributed by atoms with Gasteiger partial charge in [-0.3, -0.25) is 9.48 Å². The van der Waals surface area contributed by atoms with Crippen molar-refractivity contribution in [2.24, 2.45) is 5.92 Å². The van der Waals surface area contributed by atoms with Gasteiger partial charge in [-0.15, -0.1) is 11.7 Å². The van der Waals surface area contributed by atoms with Gasteiger partial charge < -0.3 is 24.3 Å².